The van der Waals surface area contributed by atoms with Gasteiger partial charge in [-0.3, -0.25) is 14.2 Å². The van der Waals surface area contributed by atoms with Gasteiger partial charge in [-0.2, -0.15) is 13.2 Å². The highest BCUT2D eigenvalue weighted by molar-refractivity contribution is 5.93. The average Bonchev–Trinajstić information content (AvgIpc) is 2.82. The SMILES string of the molecule is COCCn1cc(C(=O)NCc2ccc(OC)cc2)c(=O)n(-c2cccc(C(F)(F)F)c2)c1=O. The first-order chi connectivity index (χ1) is 16.2. The quantitative estimate of drug-likeness (QED) is 0.539. The summed E-state index contributed by atoms with van der Waals surface area (Å²) < 4.78 is 51.2. The third-order valence-electron chi connectivity index (χ3n) is 4.98. The summed E-state index contributed by atoms with van der Waals surface area (Å²) in [5, 5.41) is 2.59. The molecule has 2 aromatic carbocycles. The largest absolute Gasteiger partial charge is 0.497 e. The lowest BCUT2D eigenvalue weighted by atomic mass is 10.2. The Labute approximate surface area is 192 Å². The normalized spacial score (nSPS) is 11.3. The minimum Gasteiger partial charge on any atom is -0.497 e. The van der Waals surface area contributed by atoms with Crippen LogP contribution >= 0.6 is 0 Å². The van der Waals surface area contributed by atoms with Crippen molar-refractivity contribution in [3.8, 4) is 11.4 Å². The average molecular weight is 477 g/mol. The summed E-state index contributed by atoms with van der Waals surface area (Å²) >= 11 is 0. The number of carbonyl (C=O) groups is 1. The van der Waals surface area contributed by atoms with E-state index in [0.717, 1.165) is 28.5 Å². The van der Waals surface area contributed by atoms with Gasteiger partial charge in [0.25, 0.3) is 11.5 Å². The van der Waals surface area contributed by atoms with Crippen LogP contribution in [0.5, 0.6) is 5.75 Å². The third-order valence-corrected chi connectivity index (χ3v) is 4.98. The van der Waals surface area contributed by atoms with Gasteiger partial charge in [-0.15, -0.1) is 0 Å². The fraction of sp³-hybridized carbons (Fsp3) is 0.261. The number of ether oxygens (including phenoxy) is 2. The van der Waals surface area contributed by atoms with Gasteiger partial charge < -0.3 is 14.8 Å². The summed E-state index contributed by atoms with van der Waals surface area (Å²) in [6, 6.07) is 10.6. The van der Waals surface area contributed by atoms with Crippen LogP contribution in [-0.4, -0.2) is 35.9 Å². The minimum atomic E-state index is -4.68. The Morgan fingerprint density at radius 2 is 1.76 bits per heavy atom. The second-order valence-corrected chi connectivity index (χ2v) is 7.23. The lowest BCUT2D eigenvalue weighted by molar-refractivity contribution is -0.137. The molecule has 0 unspecified atom stereocenters. The van der Waals surface area contributed by atoms with Crippen molar-refractivity contribution in [3.63, 3.8) is 0 Å². The van der Waals surface area contributed by atoms with Crippen molar-refractivity contribution in [3.05, 3.63) is 92.3 Å². The van der Waals surface area contributed by atoms with E-state index >= 15 is 0 Å². The van der Waals surface area contributed by atoms with E-state index in [4.69, 9.17) is 9.47 Å². The Morgan fingerprint density at radius 1 is 1.06 bits per heavy atom. The highest BCUT2D eigenvalue weighted by atomic mass is 19.4. The molecule has 3 aromatic rings. The lowest BCUT2D eigenvalue weighted by Crippen LogP contribution is -2.43. The summed E-state index contributed by atoms with van der Waals surface area (Å²) in [5.41, 5.74) is -2.95. The van der Waals surface area contributed by atoms with Crippen molar-refractivity contribution in [2.45, 2.75) is 19.3 Å². The first-order valence-corrected chi connectivity index (χ1v) is 10.1. The fourth-order valence-corrected chi connectivity index (χ4v) is 3.18. The first kappa shape index (κ1) is 24.8. The van der Waals surface area contributed by atoms with Crippen LogP contribution in [0.1, 0.15) is 21.5 Å². The van der Waals surface area contributed by atoms with Gasteiger partial charge in [-0.05, 0) is 35.9 Å². The predicted octanol–water partition coefficient (Wildman–Crippen LogP) is 2.60. The van der Waals surface area contributed by atoms with E-state index in [9.17, 15) is 27.6 Å². The highest BCUT2D eigenvalue weighted by Gasteiger charge is 2.31. The molecule has 0 radical (unpaired) electrons. The van der Waals surface area contributed by atoms with Crippen molar-refractivity contribution >= 4 is 5.91 Å². The molecule has 1 N–H and O–H groups in total. The summed E-state index contributed by atoms with van der Waals surface area (Å²) in [7, 11) is 2.92. The molecule has 0 spiro atoms. The van der Waals surface area contributed by atoms with E-state index in [-0.39, 0.29) is 25.4 Å². The number of nitrogens with one attached hydrogen (secondary N) is 1. The maximum Gasteiger partial charge on any atom is 0.416 e. The number of amides is 1. The zero-order valence-corrected chi connectivity index (χ0v) is 18.4. The molecule has 0 bridgehead atoms. The van der Waals surface area contributed by atoms with Gasteiger partial charge in [-0.25, -0.2) is 9.36 Å². The van der Waals surface area contributed by atoms with E-state index in [1.807, 2.05) is 0 Å². The molecule has 180 valence electrons. The molecule has 0 aliphatic heterocycles. The van der Waals surface area contributed by atoms with E-state index < -0.39 is 34.5 Å². The molecule has 0 aliphatic rings. The van der Waals surface area contributed by atoms with Crippen molar-refractivity contribution < 1.29 is 27.4 Å². The summed E-state index contributed by atoms with van der Waals surface area (Å²) in [5.74, 6) is -0.156. The van der Waals surface area contributed by atoms with E-state index in [0.29, 0.717) is 16.4 Å². The number of alkyl halides is 3. The molecule has 1 aromatic heterocycles. The topological polar surface area (TPSA) is 91.6 Å². The summed E-state index contributed by atoms with van der Waals surface area (Å²) in [6.45, 7) is 0.129. The molecule has 0 atom stereocenters. The van der Waals surface area contributed by atoms with Crippen molar-refractivity contribution in [1.29, 1.82) is 0 Å². The lowest BCUT2D eigenvalue weighted by Gasteiger charge is -2.14. The maximum absolute atomic E-state index is 13.2. The monoisotopic (exact) mass is 477 g/mol. The van der Waals surface area contributed by atoms with Gasteiger partial charge in [0.1, 0.15) is 11.3 Å². The molecule has 0 saturated carbocycles. The molecule has 34 heavy (non-hydrogen) atoms. The molecule has 1 amide bonds. The molecule has 8 nitrogen and oxygen atoms in total. The number of benzene rings is 2. The molecule has 11 heteroatoms. The van der Waals surface area contributed by atoms with Gasteiger partial charge in [0.05, 0.1) is 31.5 Å². The summed E-state index contributed by atoms with van der Waals surface area (Å²) in [4.78, 5) is 38.8. The number of nitrogens with zero attached hydrogens (tertiary/aromatic N) is 2. The molecular weight excluding hydrogens is 455 g/mol. The second-order valence-electron chi connectivity index (χ2n) is 7.23. The molecule has 0 saturated heterocycles. The first-order valence-electron chi connectivity index (χ1n) is 10.1. The van der Waals surface area contributed by atoms with Gasteiger partial charge in [0.15, 0.2) is 0 Å². The number of halogens is 3. The Balaban J connectivity index is 2.02. The van der Waals surface area contributed by atoms with Crippen LogP contribution in [0.25, 0.3) is 5.69 Å². The number of methoxy groups -OCH3 is 2. The number of rotatable bonds is 8. The number of hydrogen-bond acceptors (Lipinski definition) is 5. The molecular formula is C23H22F3N3O5. The highest BCUT2D eigenvalue weighted by Crippen LogP contribution is 2.29. The van der Waals surface area contributed by atoms with Gasteiger partial charge in [0.2, 0.25) is 0 Å². The molecule has 3 rings (SSSR count). The maximum atomic E-state index is 13.2. The van der Waals surface area contributed by atoms with Gasteiger partial charge >= 0.3 is 11.9 Å². The van der Waals surface area contributed by atoms with Crippen LogP contribution in [0.2, 0.25) is 0 Å². The van der Waals surface area contributed by atoms with Gasteiger partial charge in [-0.1, -0.05) is 18.2 Å². The zero-order chi connectivity index (χ0) is 24.9. The predicted molar refractivity (Wildman–Crippen MR) is 117 cm³/mol. The van der Waals surface area contributed by atoms with Gasteiger partial charge in [0, 0.05) is 19.9 Å². The van der Waals surface area contributed by atoms with Crippen molar-refractivity contribution in [1.82, 2.24) is 14.5 Å². The molecule has 0 aliphatic carbocycles. The smallest absolute Gasteiger partial charge is 0.416 e. The molecule has 1 heterocycles. The Morgan fingerprint density at radius 3 is 2.38 bits per heavy atom. The number of hydrogen-bond donors (Lipinski definition) is 1. The minimum absolute atomic E-state index is 0.0205. The Hall–Kier alpha value is -3.86. The van der Waals surface area contributed by atoms with E-state index in [1.54, 1.807) is 24.3 Å². The fourth-order valence-electron chi connectivity index (χ4n) is 3.18. The van der Waals surface area contributed by atoms with Crippen LogP contribution in [0.4, 0.5) is 13.2 Å². The standard InChI is InChI=1S/C23H22F3N3O5/c1-33-11-10-28-14-19(20(30)27-13-15-6-8-18(34-2)9-7-15)21(31)29(22(28)32)17-5-3-4-16(12-17)23(24,25)26/h3-9,12,14H,10-11,13H2,1-2H3,(H,27,30). The van der Waals surface area contributed by atoms with Crippen molar-refractivity contribution in [2.24, 2.45) is 0 Å². The summed E-state index contributed by atoms with van der Waals surface area (Å²) in [6.07, 6.45) is -3.60. The second kappa shape index (κ2) is 10.4. The van der Waals surface area contributed by atoms with Crippen LogP contribution < -0.4 is 21.3 Å². The Kier molecular flexibility index (Phi) is 7.57. The van der Waals surface area contributed by atoms with Crippen LogP contribution in [0.3, 0.4) is 0 Å². The molecule has 0 fully saturated rings. The number of carbonyl (C=O) groups excluding carboxylic acids is 1. The Bertz CT molecular complexity index is 1280. The zero-order valence-electron chi connectivity index (χ0n) is 18.4. The van der Waals surface area contributed by atoms with Crippen LogP contribution in [0, 0.1) is 0 Å². The number of aromatic nitrogens is 2. The van der Waals surface area contributed by atoms with E-state index in [1.165, 1.54) is 20.3 Å². The van der Waals surface area contributed by atoms with E-state index in [2.05, 4.69) is 5.32 Å². The van der Waals surface area contributed by atoms with Crippen LogP contribution in [-0.2, 0) is 24.0 Å². The van der Waals surface area contributed by atoms with Crippen molar-refractivity contribution in [2.75, 3.05) is 20.8 Å². The third kappa shape index (κ3) is 5.54. The van der Waals surface area contributed by atoms with Crippen LogP contribution in [0.15, 0.2) is 64.3 Å².